The van der Waals surface area contributed by atoms with E-state index in [9.17, 15) is 9.59 Å². The molecule has 0 aliphatic carbocycles. The summed E-state index contributed by atoms with van der Waals surface area (Å²) in [6.45, 7) is 7.72. The molecule has 120 valence electrons. The SMILES string of the molecule is CCC(=O)C(NC(=O)C1COc2ccccc2O1)C(C)(C)C. The summed E-state index contributed by atoms with van der Waals surface area (Å²) in [6, 6.07) is 6.68. The fraction of sp³-hybridized carbons (Fsp3) is 0.529. The van der Waals surface area contributed by atoms with Gasteiger partial charge in [0, 0.05) is 6.42 Å². The van der Waals surface area contributed by atoms with Crippen LogP contribution in [0.5, 0.6) is 11.5 Å². The maximum absolute atomic E-state index is 12.4. The van der Waals surface area contributed by atoms with Crippen molar-refractivity contribution in [2.45, 2.75) is 46.3 Å². The van der Waals surface area contributed by atoms with Gasteiger partial charge < -0.3 is 14.8 Å². The van der Waals surface area contributed by atoms with E-state index in [1.807, 2.05) is 32.9 Å². The Labute approximate surface area is 131 Å². The number of ketones is 1. The highest BCUT2D eigenvalue weighted by molar-refractivity contribution is 5.91. The Kier molecular flexibility index (Phi) is 4.74. The first-order valence-electron chi connectivity index (χ1n) is 7.54. The van der Waals surface area contributed by atoms with Crippen LogP contribution in [0.2, 0.25) is 0 Å². The van der Waals surface area contributed by atoms with Crippen molar-refractivity contribution in [2.75, 3.05) is 6.61 Å². The van der Waals surface area contributed by atoms with Crippen LogP contribution in [-0.2, 0) is 9.59 Å². The quantitative estimate of drug-likeness (QED) is 0.927. The van der Waals surface area contributed by atoms with Crippen molar-refractivity contribution in [3.63, 3.8) is 0 Å². The van der Waals surface area contributed by atoms with Crippen LogP contribution < -0.4 is 14.8 Å². The van der Waals surface area contributed by atoms with Gasteiger partial charge in [0.1, 0.15) is 6.61 Å². The highest BCUT2D eigenvalue weighted by Gasteiger charge is 2.35. The zero-order chi connectivity index (χ0) is 16.3. The number of para-hydroxylation sites is 2. The van der Waals surface area contributed by atoms with Gasteiger partial charge in [0.05, 0.1) is 6.04 Å². The van der Waals surface area contributed by atoms with E-state index in [1.165, 1.54) is 0 Å². The van der Waals surface area contributed by atoms with E-state index in [4.69, 9.17) is 9.47 Å². The molecular weight excluding hydrogens is 282 g/mol. The molecule has 0 fully saturated rings. The molecule has 1 aliphatic rings. The Balaban J connectivity index is 2.07. The molecule has 1 aromatic rings. The van der Waals surface area contributed by atoms with E-state index in [2.05, 4.69) is 5.32 Å². The fourth-order valence-electron chi connectivity index (χ4n) is 2.37. The van der Waals surface area contributed by atoms with Gasteiger partial charge in [-0.1, -0.05) is 39.8 Å². The number of carbonyl (C=O) groups is 2. The van der Waals surface area contributed by atoms with Gasteiger partial charge in [-0.3, -0.25) is 9.59 Å². The Bertz CT molecular complexity index is 562. The third-order valence-electron chi connectivity index (χ3n) is 3.62. The number of hydrogen-bond donors (Lipinski definition) is 1. The lowest BCUT2D eigenvalue weighted by atomic mass is 9.83. The first-order chi connectivity index (χ1) is 10.3. The molecule has 0 bridgehead atoms. The van der Waals surface area contributed by atoms with Gasteiger partial charge in [-0.15, -0.1) is 0 Å². The molecule has 22 heavy (non-hydrogen) atoms. The second-order valence-corrected chi connectivity index (χ2v) is 6.49. The number of benzene rings is 1. The van der Waals surface area contributed by atoms with E-state index < -0.39 is 12.1 Å². The number of carbonyl (C=O) groups excluding carboxylic acids is 2. The summed E-state index contributed by atoms with van der Waals surface area (Å²) in [5.41, 5.74) is -0.351. The molecule has 0 saturated carbocycles. The number of Topliss-reactive ketones (excluding diaryl/α,β-unsaturated/α-hetero) is 1. The standard InChI is InChI=1S/C17H23NO4/c1-5-11(19)15(17(2,3)4)18-16(20)14-10-21-12-8-6-7-9-13(12)22-14/h6-9,14-15H,5,10H2,1-4H3,(H,18,20). The van der Waals surface area contributed by atoms with Crippen LogP contribution in [0.3, 0.4) is 0 Å². The third kappa shape index (κ3) is 3.59. The first kappa shape index (κ1) is 16.3. The van der Waals surface area contributed by atoms with E-state index in [1.54, 1.807) is 19.1 Å². The smallest absolute Gasteiger partial charge is 0.265 e. The maximum Gasteiger partial charge on any atom is 0.265 e. The minimum atomic E-state index is -0.746. The molecule has 1 aromatic carbocycles. The van der Waals surface area contributed by atoms with Crippen molar-refractivity contribution < 1.29 is 19.1 Å². The van der Waals surface area contributed by atoms with Crippen LogP contribution in [0.4, 0.5) is 0 Å². The molecule has 5 heteroatoms. The van der Waals surface area contributed by atoms with E-state index >= 15 is 0 Å². The molecule has 0 spiro atoms. The van der Waals surface area contributed by atoms with Crippen molar-refractivity contribution in [1.29, 1.82) is 0 Å². The van der Waals surface area contributed by atoms with Crippen molar-refractivity contribution in [2.24, 2.45) is 5.41 Å². The second-order valence-electron chi connectivity index (χ2n) is 6.49. The third-order valence-corrected chi connectivity index (χ3v) is 3.62. The van der Waals surface area contributed by atoms with Gasteiger partial charge in [0.2, 0.25) is 6.10 Å². The summed E-state index contributed by atoms with van der Waals surface area (Å²) in [5, 5.41) is 2.81. The highest BCUT2D eigenvalue weighted by atomic mass is 16.6. The van der Waals surface area contributed by atoms with E-state index in [0.29, 0.717) is 17.9 Å². The molecule has 5 nitrogen and oxygen atoms in total. The molecule has 1 heterocycles. The van der Waals surface area contributed by atoms with Crippen LogP contribution in [-0.4, -0.2) is 30.4 Å². The minimum absolute atomic E-state index is 0.0120. The van der Waals surface area contributed by atoms with E-state index in [-0.39, 0.29) is 23.7 Å². The van der Waals surface area contributed by atoms with Crippen LogP contribution in [0, 0.1) is 5.41 Å². The fourth-order valence-corrected chi connectivity index (χ4v) is 2.37. The molecule has 1 aliphatic heterocycles. The molecule has 1 N–H and O–H groups in total. The summed E-state index contributed by atoms with van der Waals surface area (Å²) in [5.74, 6) is 0.862. The highest BCUT2D eigenvalue weighted by Crippen LogP contribution is 2.31. The summed E-state index contributed by atoms with van der Waals surface area (Å²) in [4.78, 5) is 24.5. The van der Waals surface area contributed by atoms with Crippen molar-refractivity contribution in [1.82, 2.24) is 5.32 Å². The molecule has 2 unspecified atom stereocenters. The zero-order valence-electron chi connectivity index (χ0n) is 13.5. The average molecular weight is 305 g/mol. The molecule has 2 atom stereocenters. The molecule has 0 saturated heterocycles. The summed E-state index contributed by atoms with van der Waals surface area (Å²) >= 11 is 0. The Morgan fingerprint density at radius 2 is 1.91 bits per heavy atom. The Morgan fingerprint density at radius 3 is 2.50 bits per heavy atom. The van der Waals surface area contributed by atoms with Gasteiger partial charge in [-0.25, -0.2) is 0 Å². The normalized spacial score (nSPS) is 18.5. The largest absolute Gasteiger partial charge is 0.485 e. The number of nitrogens with one attached hydrogen (secondary N) is 1. The summed E-state index contributed by atoms with van der Waals surface area (Å²) in [7, 11) is 0. The lowest BCUT2D eigenvalue weighted by Crippen LogP contribution is -2.54. The molecular formula is C17H23NO4. The number of ether oxygens (including phenoxy) is 2. The van der Waals surface area contributed by atoms with Gasteiger partial charge in [0.15, 0.2) is 17.3 Å². The van der Waals surface area contributed by atoms with Crippen molar-refractivity contribution in [3.8, 4) is 11.5 Å². The van der Waals surface area contributed by atoms with Crippen molar-refractivity contribution >= 4 is 11.7 Å². The lowest BCUT2D eigenvalue weighted by Gasteiger charge is -2.32. The first-order valence-corrected chi connectivity index (χ1v) is 7.54. The zero-order valence-corrected chi connectivity index (χ0v) is 13.5. The lowest BCUT2D eigenvalue weighted by molar-refractivity contribution is -0.136. The molecule has 2 rings (SSSR count). The van der Waals surface area contributed by atoms with Gasteiger partial charge in [0.25, 0.3) is 5.91 Å². The van der Waals surface area contributed by atoms with E-state index in [0.717, 1.165) is 0 Å². The number of rotatable bonds is 4. The number of hydrogen-bond acceptors (Lipinski definition) is 4. The average Bonchev–Trinajstić information content (AvgIpc) is 2.50. The summed E-state index contributed by atoms with van der Waals surface area (Å²) in [6.07, 6.45) is -0.364. The van der Waals surface area contributed by atoms with Crippen LogP contribution in [0.25, 0.3) is 0 Å². The van der Waals surface area contributed by atoms with Gasteiger partial charge >= 0.3 is 0 Å². The van der Waals surface area contributed by atoms with Gasteiger partial charge in [-0.05, 0) is 17.5 Å². The van der Waals surface area contributed by atoms with Crippen LogP contribution >= 0.6 is 0 Å². The molecule has 0 radical (unpaired) electrons. The number of fused-ring (bicyclic) bond motifs is 1. The Morgan fingerprint density at radius 1 is 1.27 bits per heavy atom. The molecule has 1 amide bonds. The summed E-state index contributed by atoms with van der Waals surface area (Å²) < 4.78 is 11.2. The topological polar surface area (TPSA) is 64.6 Å². The molecule has 0 aromatic heterocycles. The van der Waals surface area contributed by atoms with Gasteiger partial charge in [-0.2, -0.15) is 0 Å². The Hall–Kier alpha value is -2.04. The minimum Gasteiger partial charge on any atom is -0.485 e. The number of amides is 1. The van der Waals surface area contributed by atoms with Crippen LogP contribution in [0.15, 0.2) is 24.3 Å². The monoisotopic (exact) mass is 305 g/mol. The second kappa shape index (κ2) is 6.38. The van der Waals surface area contributed by atoms with Crippen molar-refractivity contribution in [3.05, 3.63) is 24.3 Å². The predicted octanol–water partition coefficient (Wildman–Crippen LogP) is 2.34. The maximum atomic E-state index is 12.4. The predicted molar refractivity (Wildman–Crippen MR) is 83.0 cm³/mol. The van der Waals surface area contributed by atoms with Crippen LogP contribution in [0.1, 0.15) is 34.1 Å².